The molecule has 3 nitrogen and oxygen atoms in total. The summed E-state index contributed by atoms with van der Waals surface area (Å²) in [6.07, 6.45) is 4.46. The molecule has 0 radical (unpaired) electrons. The van der Waals surface area contributed by atoms with Gasteiger partial charge in [-0.25, -0.2) is 0 Å². The first kappa shape index (κ1) is 13.5. The Hall–Kier alpha value is 0.530. The van der Waals surface area contributed by atoms with Gasteiger partial charge >= 0.3 is 6.72 Å². The van der Waals surface area contributed by atoms with E-state index >= 15 is 0 Å². The van der Waals surface area contributed by atoms with Crippen molar-refractivity contribution in [2.75, 3.05) is 13.2 Å². The molecule has 0 aliphatic carbocycles. The van der Waals surface area contributed by atoms with Gasteiger partial charge in [0.2, 0.25) is 0 Å². The molecule has 0 aliphatic heterocycles. The second-order valence-corrected chi connectivity index (χ2v) is 5.62. The van der Waals surface area contributed by atoms with Crippen molar-refractivity contribution in [3.8, 4) is 0 Å². The Morgan fingerprint density at radius 2 is 1.85 bits per heavy atom. The zero-order valence-corrected chi connectivity index (χ0v) is 10.1. The van der Waals surface area contributed by atoms with Gasteiger partial charge in [0.15, 0.2) is 0 Å². The lowest BCUT2D eigenvalue weighted by molar-refractivity contribution is 0.201. The van der Waals surface area contributed by atoms with Crippen molar-refractivity contribution in [3.63, 3.8) is 0 Å². The van der Waals surface area contributed by atoms with Crippen LogP contribution in [-0.2, 0) is 20.9 Å². The van der Waals surface area contributed by atoms with Crippen LogP contribution in [0.1, 0.15) is 39.5 Å². The summed E-state index contributed by atoms with van der Waals surface area (Å²) >= 11 is 4.74. The Bertz CT molecular complexity index is 163. The summed E-state index contributed by atoms with van der Waals surface area (Å²) in [5, 5.41) is 0. The van der Waals surface area contributed by atoms with Crippen LogP contribution in [-0.4, -0.2) is 18.1 Å². The van der Waals surface area contributed by atoms with Crippen LogP contribution in [0.3, 0.4) is 0 Å². The zero-order chi connectivity index (χ0) is 10.2. The summed E-state index contributed by atoms with van der Waals surface area (Å²) in [5.41, 5.74) is 0. The van der Waals surface area contributed by atoms with E-state index in [1.54, 1.807) is 6.92 Å². The van der Waals surface area contributed by atoms with Crippen molar-refractivity contribution >= 4 is 18.5 Å². The quantitative estimate of drug-likeness (QED) is 0.510. The Kier molecular flexibility index (Phi) is 8.21. The van der Waals surface area contributed by atoms with E-state index in [0.717, 1.165) is 12.8 Å². The van der Waals surface area contributed by atoms with Gasteiger partial charge in [-0.2, -0.15) is 0 Å². The molecule has 5 heteroatoms. The minimum Gasteiger partial charge on any atom is -0.324 e. The number of hydrogen-bond acceptors (Lipinski definition) is 3. The molecule has 0 aromatic heterocycles. The molecule has 1 unspecified atom stereocenters. The Morgan fingerprint density at radius 1 is 1.15 bits per heavy atom. The van der Waals surface area contributed by atoms with E-state index < -0.39 is 6.72 Å². The van der Waals surface area contributed by atoms with Gasteiger partial charge in [-0.3, -0.25) is 0 Å². The SMILES string of the molecule is CCCCCCOP(O)(=S)OCC. The molecule has 0 fully saturated rings. The minimum atomic E-state index is -2.91. The van der Waals surface area contributed by atoms with Gasteiger partial charge in [0.05, 0.1) is 13.2 Å². The first-order valence-corrected chi connectivity index (χ1v) is 7.33. The summed E-state index contributed by atoms with van der Waals surface area (Å²) in [6, 6.07) is 0. The highest BCUT2D eigenvalue weighted by molar-refractivity contribution is 8.07. The summed E-state index contributed by atoms with van der Waals surface area (Å²) in [6.45, 7) is 1.95. The van der Waals surface area contributed by atoms with Crippen LogP contribution < -0.4 is 0 Å². The molecule has 0 aliphatic rings. The van der Waals surface area contributed by atoms with Gasteiger partial charge in [0.1, 0.15) is 0 Å². The van der Waals surface area contributed by atoms with E-state index in [9.17, 15) is 4.89 Å². The van der Waals surface area contributed by atoms with Crippen LogP contribution in [0.15, 0.2) is 0 Å². The Labute approximate surface area is 85.7 Å². The van der Waals surface area contributed by atoms with Crippen molar-refractivity contribution in [1.29, 1.82) is 0 Å². The second kappa shape index (κ2) is 7.89. The first-order valence-electron chi connectivity index (χ1n) is 4.74. The molecule has 80 valence electrons. The maximum atomic E-state index is 9.35. The van der Waals surface area contributed by atoms with Crippen LogP contribution in [0.2, 0.25) is 0 Å². The van der Waals surface area contributed by atoms with Crippen LogP contribution in [0.25, 0.3) is 0 Å². The topological polar surface area (TPSA) is 38.7 Å². The highest BCUT2D eigenvalue weighted by atomic mass is 32.5. The highest BCUT2D eigenvalue weighted by Crippen LogP contribution is 2.43. The Balaban J connectivity index is 3.35. The molecule has 1 atom stereocenters. The minimum absolute atomic E-state index is 0.405. The lowest BCUT2D eigenvalue weighted by Crippen LogP contribution is -1.96. The molecule has 0 amide bonds. The van der Waals surface area contributed by atoms with Gasteiger partial charge in [0, 0.05) is 0 Å². The molecule has 0 rings (SSSR count). The van der Waals surface area contributed by atoms with Gasteiger partial charge in [-0.1, -0.05) is 26.2 Å². The largest absolute Gasteiger partial charge is 0.324 e. The van der Waals surface area contributed by atoms with Gasteiger partial charge in [0.25, 0.3) is 0 Å². The predicted molar refractivity (Wildman–Crippen MR) is 58.2 cm³/mol. The average Bonchev–Trinajstić information content (AvgIpc) is 2.04. The summed E-state index contributed by atoms with van der Waals surface area (Å²) in [5.74, 6) is 0. The lowest BCUT2D eigenvalue weighted by atomic mass is 10.2. The number of rotatable bonds is 8. The predicted octanol–water partition coefficient (Wildman–Crippen LogP) is 2.84. The molecular weight excluding hydrogens is 207 g/mol. The summed E-state index contributed by atoms with van der Waals surface area (Å²) in [4.78, 5) is 9.35. The Morgan fingerprint density at radius 3 is 2.38 bits per heavy atom. The van der Waals surface area contributed by atoms with Gasteiger partial charge in [-0.15, -0.1) is 0 Å². The van der Waals surface area contributed by atoms with Crippen molar-refractivity contribution in [3.05, 3.63) is 0 Å². The highest BCUT2D eigenvalue weighted by Gasteiger charge is 2.12. The molecule has 0 bridgehead atoms. The van der Waals surface area contributed by atoms with E-state index in [4.69, 9.17) is 20.9 Å². The summed E-state index contributed by atoms with van der Waals surface area (Å²) < 4.78 is 9.97. The third-order valence-electron chi connectivity index (χ3n) is 1.54. The third kappa shape index (κ3) is 8.85. The standard InChI is InChI=1S/C8H19O3PS/c1-3-5-6-7-8-11-12(9,13)10-4-2/h3-8H2,1-2H3,(H,9,13). The van der Waals surface area contributed by atoms with Gasteiger partial charge in [-0.05, 0) is 25.2 Å². The van der Waals surface area contributed by atoms with E-state index in [2.05, 4.69) is 6.92 Å². The van der Waals surface area contributed by atoms with E-state index in [0.29, 0.717) is 13.2 Å². The number of hydrogen-bond donors (Lipinski definition) is 1. The van der Waals surface area contributed by atoms with Crippen molar-refractivity contribution in [2.24, 2.45) is 0 Å². The average molecular weight is 226 g/mol. The van der Waals surface area contributed by atoms with Gasteiger partial charge < -0.3 is 13.9 Å². The molecule has 0 heterocycles. The number of unbranched alkanes of at least 4 members (excludes halogenated alkanes) is 3. The van der Waals surface area contributed by atoms with Crippen LogP contribution in [0.5, 0.6) is 0 Å². The van der Waals surface area contributed by atoms with E-state index in [1.165, 1.54) is 12.8 Å². The summed E-state index contributed by atoms with van der Waals surface area (Å²) in [7, 11) is 0. The maximum absolute atomic E-state index is 9.35. The van der Waals surface area contributed by atoms with E-state index in [-0.39, 0.29) is 0 Å². The third-order valence-corrected chi connectivity index (χ3v) is 3.27. The van der Waals surface area contributed by atoms with Crippen LogP contribution >= 0.6 is 6.72 Å². The molecule has 1 N–H and O–H groups in total. The molecule has 0 spiro atoms. The fourth-order valence-corrected chi connectivity index (χ4v) is 2.21. The monoisotopic (exact) mass is 226 g/mol. The lowest BCUT2D eigenvalue weighted by Gasteiger charge is -2.14. The maximum Gasteiger partial charge on any atom is 0.324 e. The molecule has 0 saturated heterocycles. The van der Waals surface area contributed by atoms with Crippen LogP contribution in [0.4, 0.5) is 0 Å². The molecule has 0 saturated carbocycles. The zero-order valence-electron chi connectivity index (χ0n) is 8.36. The molecule has 0 aromatic carbocycles. The molecular formula is C8H19O3PS. The molecule has 0 aromatic rings. The van der Waals surface area contributed by atoms with Crippen molar-refractivity contribution in [2.45, 2.75) is 39.5 Å². The fraction of sp³-hybridized carbons (Fsp3) is 1.00. The van der Waals surface area contributed by atoms with Crippen molar-refractivity contribution in [1.82, 2.24) is 0 Å². The molecule has 13 heavy (non-hydrogen) atoms. The normalized spacial score (nSPS) is 15.6. The first-order chi connectivity index (χ1) is 6.12. The van der Waals surface area contributed by atoms with Crippen LogP contribution in [0, 0.1) is 0 Å². The van der Waals surface area contributed by atoms with Crippen molar-refractivity contribution < 1.29 is 13.9 Å². The smallest absolute Gasteiger partial charge is 0.324 e. The fourth-order valence-electron chi connectivity index (χ4n) is 0.909. The second-order valence-electron chi connectivity index (χ2n) is 2.78. The van der Waals surface area contributed by atoms with E-state index in [1.807, 2.05) is 0 Å².